The van der Waals surface area contributed by atoms with E-state index in [2.05, 4.69) is 19.3 Å². The highest BCUT2D eigenvalue weighted by Gasteiger charge is 2.33. The van der Waals surface area contributed by atoms with Gasteiger partial charge in [0, 0.05) is 18.6 Å². The van der Waals surface area contributed by atoms with E-state index in [-0.39, 0.29) is 38.4 Å². The van der Waals surface area contributed by atoms with Crippen molar-refractivity contribution in [3.8, 4) is 11.5 Å². The normalized spacial score (nSPS) is 12.6. The van der Waals surface area contributed by atoms with Gasteiger partial charge in [-0.25, -0.2) is 27.7 Å². The van der Waals surface area contributed by atoms with Crippen molar-refractivity contribution in [3.05, 3.63) is 30.2 Å². The van der Waals surface area contributed by atoms with Crippen LogP contribution >= 0.6 is 0 Å². The third kappa shape index (κ3) is 4.64. The fraction of sp³-hybridized carbons (Fsp3) is 0.421. The number of sulfone groups is 1. The lowest BCUT2D eigenvalue weighted by atomic mass is 10.3. The summed E-state index contributed by atoms with van der Waals surface area (Å²) in [6, 6.07) is 2.30. The number of aromatic nitrogens is 4. The Hall–Kier alpha value is -2.34. The molecule has 0 unspecified atom stereocenters. The quantitative estimate of drug-likeness (QED) is 0.532. The number of aryl methyl sites for hydroxylation is 1. The summed E-state index contributed by atoms with van der Waals surface area (Å²) in [6.45, 7) is 5.52. The Bertz CT molecular complexity index is 1260. The van der Waals surface area contributed by atoms with Crippen LogP contribution in [0.2, 0.25) is 0 Å². The largest absolute Gasteiger partial charge is 0.433 e. The van der Waals surface area contributed by atoms with Crippen molar-refractivity contribution in [3.63, 3.8) is 0 Å². The predicted octanol–water partition coefficient (Wildman–Crippen LogP) is 4.32. The third-order valence-corrected chi connectivity index (χ3v) is 8.27. The van der Waals surface area contributed by atoms with Crippen LogP contribution in [0.5, 0.6) is 0 Å². The summed E-state index contributed by atoms with van der Waals surface area (Å²) < 4.78 is 70.7. The van der Waals surface area contributed by atoms with E-state index in [0.717, 1.165) is 23.8 Å². The molecular formula is C19H22F3N5O2S2. The van der Waals surface area contributed by atoms with Gasteiger partial charge in [0.2, 0.25) is 0 Å². The molecule has 0 aliphatic heterocycles. The number of nitrogens with zero attached hydrogens (tertiary/aromatic N) is 5. The van der Waals surface area contributed by atoms with E-state index >= 15 is 0 Å². The van der Waals surface area contributed by atoms with Gasteiger partial charge in [0.05, 0.1) is 39.8 Å². The Balaban J connectivity index is 2.25. The van der Waals surface area contributed by atoms with Crippen LogP contribution < -0.4 is 0 Å². The van der Waals surface area contributed by atoms with Crippen LogP contribution in [0.25, 0.3) is 22.6 Å². The zero-order chi connectivity index (χ0) is 23.0. The number of hydrogen-bond donors (Lipinski definition) is 0. The Morgan fingerprint density at radius 2 is 1.77 bits per heavy atom. The predicted molar refractivity (Wildman–Crippen MR) is 115 cm³/mol. The average Bonchev–Trinajstić information content (AvgIpc) is 3.07. The van der Waals surface area contributed by atoms with Crippen molar-refractivity contribution in [1.29, 1.82) is 0 Å². The zero-order valence-corrected chi connectivity index (χ0v) is 19.1. The third-order valence-electron chi connectivity index (χ3n) is 4.72. The molecule has 0 aliphatic carbocycles. The minimum atomic E-state index is -4.61. The van der Waals surface area contributed by atoms with Gasteiger partial charge in [-0.15, -0.1) is 0 Å². The van der Waals surface area contributed by atoms with E-state index < -0.39 is 21.7 Å². The van der Waals surface area contributed by atoms with Crippen LogP contribution in [0.15, 0.2) is 33.8 Å². The molecule has 0 saturated carbocycles. The lowest BCUT2D eigenvalue weighted by Gasteiger charge is -2.10. The molecule has 0 radical (unpaired) electrons. The van der Waals surface area contributed by atoms with E-state index in [0.29, 0.717) is 11.2 Å². The van der Waals surface area contributed by atoms with Gasteiger partial charge in [-0.3, -0.25) is 0 Å². The molecule has 31 heavy (non-hydrogen) atoms. The molecule has 0 N–H and O–H groups in total. The van der Waals surface area contributed by atoms with Crippen molar-refractivity contribution in [2.75, 3.05) is 17.3 Å². The molecule has 0 fully saturated rings. The van der Waals surface area contributed by atoms with Crippen molar-refractivity contribution < 1.29 is 21.6 Å². The second-order valence-electron chi connectivity index (χ2n) is 6.63. The standard InChI is InChI=1S/C19H22F3N5O2S2/c1-5-30(6-2)26-12-8-15(31(28,29)7-3)17(24-10-12)18-25-13-9-16(19(20,21)22)23-11-14(13)27(18)4/h8-11H,5-7H2,1-4H3. The van der Waals surface area contributed by atoms with Crippen LogP contribution in [0, 0.1) is 0 Å². The van der Waals surface area contributed by atoms with E-state index in [4.69, 9.17) is 0 Å². The molecule has 0 atom stereocenters. The highest BCUT2D eigenvalue weighted by Crippen LogP contribution is 2.33. The lowest BCUT2D eigenvalue weighted by molar-refractivity contribution is -0.141. The minimum absolute atomic E-state index is 0.0468. The number of fused-ring (bicyclic) bond motifs is 1. The number of imidazole rings is 1. The first-order valence-corrected chi connectivity index (χ1v) is 12.7. The molecular weight excluding hydrogens is 451 g/mol. The van der Waals surface area contributed by atoms with E-state index in [9.17, 15) is 21.6 Å². The Morgan fingerprint density at radius 1 is 1.10 bits per heavy atom. The van der Waals surface area contributed by atoms with Crippen molar-refractivity contribution in [2.24, 2.45) is 11.4 Å². The van der Waals surface area contributed by atoms with Gasteiger partial charge < -0.3 is 4.57 Å². The Kier molecular flexibility index (Phi) is 6.51. The monoisotopic (exact) mass is 473 g/mol. The second-order valence-corrected chi connectivity index (χ2v) is 11.1. The Morgan fingerprint density at radius 3 is 2.35 bits per heavy atom. The smallest absolute Gasteiger partial charge is 0.324 e. The van der Waals surface area contributed by atoms with Gasteiger partial charge in [-0.05, 0) is 12.1 Å². The fourth-order valence-corrected chi connectivity index (χ4v) is 5.10. The molecule has 0 spiro atoms. The first-order valence-electron chi connectivity index (χ1n) is 9.54. The molecule has 3 heterocycles. The second kappa shape index (κ2) is 8.65. The summed E-state index contributed by atoms with van der Waals surface area (Å²) in [5.41, 5.74) is -0.173. The molecule has 3 aromatic heterocycles. The number of rotatable bonds is 6. The maximum atomic E-state index is 13.0. The molecule has 0 amide bonds. The fourth-order valence-electron chi connectivity index (χ4n) is 2.98. The van der Waals surface area contributed by atoms with Gasteiger partial charge in [0.1, 0.15) is 11.4 Å². The summed E-state index contributed by atoms with van der Waals surface area (Å²) in [5.74, 6) is 1.63. The molecule has 7 nitrogen and oxygen atoms in total. The molecule has 0 bridgehead atoms. The molecule has 3 rings (SSSR count). The minimum Gasteiger partial charge on any atom is -0.324 e. The van der Waals surface area contributed by atoms with Gasteiger partial charge in [0.25, 0.3) is 0 Å². The van der Waals surface area contributed by atoms with Gasteiger partial charge in [-0.2, -0.15) is 13.2 Å². The van der Waals surface area contributed by atoms with Crippen molar-refractivity contribution >= 4 is 37.2 Å². The maximum Gasteiger partial charge on any atom is 0.433 e. The number of halogens is 3. The van der Waals surface area contributed by atoms with Crippen molar-refractivity contribution in [2.45, 2.75) is 31.8 Å². The van der Waals surface area contributed by atoms with Gasteiger partial charge in [0.15, 0.2) is 15.7 Å². The summed E-state index contributed by atoms with van der Waals surface area (Å²) in [4.78, 5) is 12.0. The average molecular weight is 474 g/mol. The van der Waals surface area contributed by atoms with Gasteiger partial charge >= 0.3 is 6.18 Å². The number of pyridine rings is 2. The Labute approximate surface area is 180 Å². The highest BCUT2D eigenvalue weighted by molar-refractivity contribution is 7.91. The van der Waals surface area contributed by atoms with Crippen LogP contribution in [0.1, 0.15) is 26.5 Å². The summed E-state index contributed by atoms with van der Waals surface area (Å²) in [7, 11) is -2.38. The maximum absolute atomic E-state index is 13.0. The molecule has 168 valence electrons. The van der Waals surface area contributed by atoms with Crippen molar-refractivity contribution in [1.82, 2.24) is 19.5 Å². The van der Waals surface area contributed by atoms with E-state index in [1.165, 1.54) is 23.8 Å². The first kappa shape index (κ1) is 23.3. The molecule has 3 aromatic rings. The zero-order valence-electron chi connectivity index (χ0n) is 17.4. The lowest BCUT2D eigenvalue weighted by Crippen LogP contribution is -2.09. The number of alkyl halides is 3. The highest BCUT2D eigenvalue weighted by atomic mass is 32.2. The molecule has 0 aliphatic rings. The molecule has 0 saturated heterocycles. The first-order chi connectivity index (χ1) is 14.5. The molecule has 0 aromatic carbocycles. The molecule has 12 heteroatoms. The van der Waals surface area contributed by atoms with E-state index in [1.807, 2.05) is 13.8 Å². The van der Waals surface area contributed by atoms with Crippen LogP contribution in [-0.2, 0) is 33.8 Å². The summed E-state index contributed by atoms with van der Waals surface area (Å²) in [5, 5.41) is 0. The SMILES string of the molecule is CCS(CC)=Nc1cnc(-c2nc3cc(C(F)(F)F)ncc3n2C)c(S(=O)(=O)CC)c1. The summed E-state index contributed by atoms with van der Waals surface area (Å²) >= 11 is 0. The summed E-state index contributed by atoms with van der Waals surface area (Å²) in [6.07, 6.45) is -2.07. The van der Waals surface area contributed by atoms with Crippen LogP contribution in [0.3, 0.4) is 0 Å². The number of hydrogen-bond acceptors (Lipinski definition) is 6. The van der Waals surface area contributed by atoms with E-state index in [1.54, 1.807) is 7.05 Å². The topological polar surface area (TPSA) is 90.1 Å². The van der Waals surface area contributed by atoms with Crippen LogP contribution in [-0.4, -0.2) is 45.2 Å². The van der Waals surface area contributed by atoms with Crippen LogP contribution in [0.4, 0.5) is 18.9 Å². The van der Waals surface area contributed by atoms with Gasteiger partial charge in [-0.1, -0.05) is 31.5 Å².